The molecular weight excluding hydrogens is 270 g/mol. The van der Waals surface area contributed by atoms with Gasteiger partial charge in [-0.3, -0.25) is 4.98 Å². The summed E-state index contributed by atoms with van der Waals surface area (Å²) in [4.78, 5) is 9.84. The number of pyridine rings is 1. The quantitative estimate of drug-likeness (QED) is 0.785. The predicted octanol–water partition coefficient (Wildman–Crippen LogP) is 2.88. The van der Waals surface area contributed by atoms with Gasteiger partial charge in [-0.1, -0.05) is 12.1 Å². The van der Waals surface area contributed by atoms with Crippen molar-refractivity contribution < 1.29 is 0 Å². The summed E-state index contributed by atoms with van der Waals surface area (Å²) < 4.78 is 1.97. The van der Waals surface area contributed by atoms with E-state index in [0.29, 0.717) is 0 Å². The fraction of sp³-hybridized carbons (Fsp3) is 0.214. The van der Waals surface area contributed by atoms with Crippen LogP contribution in [-0.4, -0.2) is 19.7 Å². The molecule has 0 saturated heterocycles. The van der Waals surface area contributed by atoms with Crippen LogP contribution in [0, 0.1) is 0 Å². The van der Waals surface area contributed by atoms with E-state index in [4.69, 9.17) is 0 Å². The maximum absolute atomic E-state index is 4.36. The number of hydrogen-bond donors (Lipinski definition) is 1. The van der Waals surface area contributed by atoms with Crippen LogP contribution >= 0.6 is 11.3 Å². The van der Waals surface area contributed by atoms with Crippen molar-refractivity contribution in [1.82, 2.24) is 19.7 Å². The Kier molecular flexibility index (Phi) is 2.74. The van der Waals surface area contributed by atoms with E-state index in [1.54, 1.807) is 23.9 Å². The molecule has 0 unspecified atom stereocenters. The molecule has 2 atom stereocenters. The second-order valence-electron chi connectivity index (χ2n) is 4.78. The van der Waals surface area contributed by atoms with E-state index in [9.17, 15) is 0 Å². The zero-order valence-electron chi connectivity index (χ0n) is 10.7. The van der Waals surface area contributed by atoms with Crippen LogP contribution in [0.5, 0.6) is 0 Å². The molecule has 0 amide bonds. The van der Waals surface area contributed by atoms with Crippen molar-refractivity contribution in [2.24, 2.45) is 0 Å². The Hall–Kier alpha value is -2.21. The number of fused-ring (bicyclic) bond motifs is 1. The number of nitrogens with one attached hydrogen (secondary N) is 1. The third kappa shape index (κ3) is 1.89. The van der Waals surface area contributed by atoms with E-state index >= 15 is 0 Å². The van der Waals surface area contributed by atoms with Gasteiger partial charge in [0.2, 0.25) is 5.95 Å². The number of anilines is 1. The first kappa shape index (κ1) is 11.6. The molecule has 100 valence electrons. The zero-order valence-corrected chi connectivity index (χ0v) is 11.5. The van der Waals surface area contributed by atoms with Crippen molar-refractivity contribution in [3.8, 4) is 0 Å². The van der Waals surface area contributed by atoms with Crippen molar-refractivity contribution in [1.29, 1.82) is 0 Å². The molecule has 0 fully saturated rings. The standard InChI is InChI=1S/C14H13N5S/c1-3-10(8-15-5-1)11-7-12(13-4-2-6-20-13)19-14(18-11)16-9-17-19/h1-6,8-9,11-12H,7H2,(H,16,17,18)/t11-,12+/m0/s1. The molecule has 6 heteroatoms. The van der Waals surface area contributed by atoms with Crippen LogP contribution in [0.1, 0.15) is 28.9 Å². The van der Waals surface area contributed by atoms with E-state index in [1.165, 1.54) is 10.4 Å². The van der Waals surface area contributed by atoms with Crippen LogP contribution in [0.3, 0.4) is 0 Å². The van der Waals surface area contributed by atoms with Gasteiger partial charge in [-0.25, -0.2) is 4.68 Å². The molecule has 5 nitrogen and oxygen atoms in total. The molecule has 0 spiro atoms. The summed E-state index contributed by atoms with van der Waals surface area (Å²) in [6.07, 6.45) is 6.26. The highest BCUT2D eigenvalue weighted by Crippen LogP contribution is 2.38. The van der Waals surface area contributed by atoms with Gasteiger partial charge in [-0.2, -0.15) is 10.1 Å². The van der Waals surface area contributed by atoms with Gasteiger partial charge in [0.25, 0.3) is 0 Å². The monoisotopic (exact) mass is 283 g/mol. The number of thiophene rings is 1. The van der Waals surface area contributed by atoms with E-state index in [0.717, 1.165) is 12.4 Å². The Morgan fingerprint density at radius 2 is 2.30 bits per heavy atom. The SMILES string of the molecule is c1cncc([C@@H]2C[C@H](c3cccs3)n3ncnc3N2)c1. The van der Waals surface area contributed by atoms with Gasteiger partial charge in [0, 0.05) is 17.3 Å². The Morgan fingerprint density at radius 3 is 3.10 bits per heavy atom. The Bertz CT molecular complexity index is 691. The minimum Gasteiger partial charge on any atom is -0.347 e. The van der Waals surface area contributed by atoms with Crippen LogP contribution in [0.4, 0.5) is 5.95 Å². The highest BCUT2D eigenvalue weighted by Gasteiger charge is 2.30. The lowest BCUT2D eigenvalue weighted by Crippen LogP contribution is -2.27. The molecular formula is C14H13N5S. The smallest absolute Gasteiger partial charge is 0.222 e. The molecule has 0 saturated carbocycles. The molecule has 20 heavy (non-hydrogen) atoms. The van der Waals surface area contributed by atoms with Gasteiger partial charge in [-0.05, 0) is 29.5 Å². The highest BCUT2D eigenvalue weighted by atomic mass is 32.1. The number of aromatic nitrogens is 4. The van der Waals surface area contributed by atoms with Gasteiger partial charge < -0.3 is 5.32 Å². The number of rotatable bonds is 2. The average Bonchev–Trinajstić information content (AvgIpc) is 3.18. The lowest BCUT2D eigenvalue weighted by molar-refractivity contribution is 0.436. The fourth-order valence-electron chi connectivity index (χ4n) is 2.64. The average molecular weight is 283 g/mol. The predicted molar refractivity (Wildman–Crippen MR) is 77.7 cm³/mol. The van der Waals surface area contributed by atoms with Gasteiger partial charge in [-0.15, -0.1) is 11.3 Å². The molecule has 4 rings (SSSR count). The van der Waals surface area contributed by atoms with Crippen molar-refractivity contribution >= 4 is 17.3 Å². The molecule has 1 N–H and O–H groups in total. The third-order valence-corrected chi connectivity index (χ3v) is 4.56. The minimum absolute atomic E-state index is 0.215. The van der Waals surface area contributed by atoms with Crippen LogP contribution in [0.2, 0.25) is 0 Å². The lowest BCUT2D eigenvalue weighted by atomic mass is 9.98. The summed E-state index contributed by atoms with van der Waals surface area (Å²) >= 11 is 1.76. The van der Waals surface area contributed by atoms with Gasteiger partial charge in [0.05, 0.1) is 12.1 Å². The van der Waals surface area contributed by atoms with Crippen LogP contribution in [0.15, 0.2) is 48.4 Å². The van der Waals surface area contributed by atoms with Crippen molar-refractivity contribution in [2.45, 2.75) is 18.5 Å². The molecule has 3 aromatic heterocycles. The minimum atomic E-state index is 0.215. The highest BCUT2D eigenvalue weighted by molar-refractivity contribution is 7.10. The summed E-state index contributed by atoms with van der Waals surface area (Å²) in [7, 11) is 0. The summed E-state index contributed by atoms with van der Waals surface area (Å²) in [6, 6.07) is 8.76. The Labute approximate surface area is 120 Å². The summed E-state index contributed by atoms with van der Waals surface area (Å²) in [6.45, 7) is 0. The lowest BCUT2D eigenvalue weighted by Gasteiger charge is -2.30. The first-order valence-electron chi connectivity index (χ1n) is 6.51. The molecule has 1 aliphatic heterocycles. The zero-order chi connectivity index (χ0) is 13.4. The first-order valence-corrected chi connectivity index (χ1v) is 7.39. The molecule has 0 bridgehead atoms. The molecule has 3 aromatic rings. The normalized spacial score (nSPS) is 21.2. The molecule has 0 radical (unpaired) electrons. The maximum Gasteiger partial charge on any atom is 0.222 e. The third-order valence-electron chi connectivity index (χ3n) is 3.59. The fourth-order valence-corrected chi connectivity index (χ4v) is 3.46. The van der Waals surface area contributed by atoms with E-state index in [1.807, 2.05) is 16.9 Å². The number of hydrogen-bond acceptors (Lipinski definition) is 5. The molecule has 4 heterocycles. The van der Waals surface area contributed by atoms with E-state index < -0.39 is 0 Å². The van der Waals surface area contributed by atoms with E-state index in [-0.39, 0.29) is 12.1 Å². The largest absolute Gasteiger partial charge is 0.347 e. The van der Waals surface area contributed by atoms with Crippen LogP contribution in [-0.2, 0) is 0 Å². The molecule has 0 aromatic carbocycles. The number of nitrogens with zero attached hydrogens (tertiary/aromatic N) is 4. The van der Waals surface area contributed by atoms with Gasteiger partial charge in [0.15, 0.2) is 0 Å². The van der Waals surface area contributed by atoms with Crippen LogP contribution in [0.25, 0.3) is 0 Å². The van der Waals surface area contributed by atoms with Gasteiger partial charge in [0.1, 0.15) is 6.33 Å². The Balaban J connectivity index is 1.74. The summed E-state index contributed by atoms with van der Waals surface area (Å²) in [5.74, 6) is 0.823. The summed E-state index contributed by atoms with van der Waals surface area (Å²) in [5.41, 5.74) is 1.18. The molecule has 0 aliphatic carbocycles. The Morgan fingerprint density at radius 1 is 1.30 bits per heavy atom. The van der Waals surface area contributed by atoms with Crippen molar-refractivity contribution in [3.63, 3.8) is 0 Å². The van der Waals surface area contributed by atoms with Crippen molar-refractivity contribution in [3.05, 3.63) is 58.8 Å². The van der Waals surface area contributed by atoms with Crippen molar-refractivity contribution in [2.75, 3.05) is 5.32 Å². The summed E-state index contributed by atoms with van der Waals surface area (Å²) in [5, 5.41) is 9.90. The first-order chi connectivity index (χ1) is 9.92. The van der Waals surface area contributed by atoms with E-state index in [2.05, 4.69) is 44.0 Å². The molecule has 1 aliphatic rings. The second kappa shape index (κ2) is 4.72. The second-order valence-corrected chi connectivity index (χ2v) is 5.76. The topological polar surface area (TPSA) is 55.6 Å². The van der Waals surface area contributed by atoms with Gasteiger partial charge >= 0.3 is 0 Å². The maximum atomic E-state index is 4.36. The van der Waals surface area contributed by atoms with Crippen LogP contribution < -0.4 is 5.32 Å².